The largest absolute Gasteiger partial charge is 0.330 e. The molecular weight excluding hydrogens is 240 g/mol. The SMILES string of the molecule is CC1(c2n[nH]c(CCN)n2)CCCS(=O)(=O)C1. The number of hydrogen-bond donors (Lipinski definition) is 2. The Labute approximate surface area is 101 Å². The van der Waals surface area contributed by atoms with Crippen LogP contribution in [0, 0.1) is 0 Å². The molecule has 2 heterocycles. The molecule has 2 rings (SSSR count). The van der Waals surface area contributed by atoms with E-state index in [1.54, 1.807) is 0 Å². The van der Waals surface area contributed by atoms with E-state index in [9.17, 15) is 8.42 Å². The molecule has 1 saturated heterocycles. The van der Waals surface area contributed by atoms with E-state index < -0.39 is 15.3 Å². The maximum atomic E-state index is 11.7. The molecule has 1 aromatic rings. The lowest BCUT2D eigenvalue weighted by Gasteiger charge is -2.30. The van der Waals surface area contributed by atoms with Crippen LogP contribution in [0.25, 0.3) is 0 Å². The predicted octanol–water partition coefficient (Wildman–Crippen LogP) is -0.228. The highest BCUT2D eigenvalue weighted by Crippen LogP contribution is 2.32. The van der Waals surface area contributed by atoms with Gasteiger partial charge in [0.25, 0.3) is 0 Å². The average Bonchev–Trinajstić information content (AvgIpc) is 2.65. The lowest BCUT2D eigenvalue weighted by molar-refractivity contribution is 0.423. The Morgan fingerprint density at radius 1 is 1.53 bits per heavy atom. The molecule has 1 aliphatic rings. The van der Waals surface area contributed by atoms with Crippen molar-refractivity contribution in [2.75, 3.05) is 18.1 Å². The molecule has 17 heavy (non-hydrogen) atoms. The zero-order chi connectivity index (χ0) is 12.5. The van der Waals surface area contributed by atoms with Gasteiger partial charge in [-0.1, -0.05) is 6.92 Å². The first-order chi connectivity index (χ1) is 7.95. The van der Waals surface area contributed by atoms with E-state index in [1.165, 1.54) is 0 Å². The minimum absolute atomic E-state index is 0.139. The topological polar surface area (TPSA) is 102 Å². The van der Waals surface area contributed by atoms with Crippen LogP contribution in [0.15, 0.2) is 0 Å². The molecule has 0 aromatic carbocycles. The van der Waals surface area contributed by atoms with Crippen molar-refractivity contribution in [2.45, 2.75) is 31.6 Å². The van der Waals surface area contributed by atoms with Gasteiger partial charge < -0.3 is 5.73 Å². The van der Waals surface area contributed by atoms with Crippen molar-refractivity contribution in [3.63, 3.8) is 0 Å². The van der Waals surface area contributed by atoms with Gasteiger partial charge in [0, 0.05) is 11.8 Å². The highest BCUT2D eigenvalue weighted by atomic mass is 32.2. The standard InChI is InChI=1S/C10H18N4O2S/c1-10(4-2-6-17(15,16)7-10)9-12-8(3-5-11)13-14-9/h2-7,11H2,1H3,(H,12,13,14). The monoisotopic (exact) mass is 258 g/mol. The fraction of sp³-hybridized carbons (Fsp3) is 0.800. The third kappa shape index (κ3) is 2.66. The summed E-state index contributed by atoms with van der Waals surface area (Å²) in [6.07, 6.45) is 2.13. The maximum absolute atomic E-state index is 11.7. The molecule has 3 N–H and O–H groups in total. The summed E-state index contributed by atoms with van der Waals surface area (Å²) in [5, 5.41) is 6.96. The quantitative estimate of drug-likeness (QED) is 0.780. The van der Waals surface area contributed by atoms with E-state index in [4.69, 9.17) is 5.73 Å². The van der Waals surface area contributed by atoms with Crippen molar-refractivity contribution in [2.24, 2.45) is 5.73 Å². The first kappa shape index (κ1) is 12.5. The van der Waals surface area contributed by atoms with Crippen LogP contribution in [0.2, 0.25) is 0 Å². The first-order valence-corrected chi connectivity index (χ1v) is 7.60. The van der Waals surface area contributed by atoms with E-state index in [-0.39, 0.29) is 11.5 Å². The van der Waals surface area contributed by atoms with Gasteiger partial charge in [0.15, 0.2) is 15.7 Å². The lowest BCUT2D eigenvalue weighted by Crippen LogP contribution is -2.38. The van der Waals surface area contributed by atoms with Gasteiger partial charge in [0.05, 0.1) is 11.5 Å². The van der Waals surface area contributed by atoms with Crippen molar-refractivity contribution in [1.82, 2.24) is 15.2 Å². The van der Waals surface area contributed by atoms with Gasteiger partial charge in [0.1, 0.15) is 5.82 Å². The molecule has 96 valence electrons. The summed E-state index contributed by atoms with van der Waals surface area (Å²) in [6, 6.07) is 0. The summed E-state index contributed by atoms with van der Waals surface area (Å²) in [5.74, 6) is 1.75. The maximum Gasteiger partial charge on any atom is 0.157 e. The fourth-order valence-corrected chi connectivity index (χ4v) is 4.27. The summed E-state index contributed by atoms with van der Waals surface area (Å²) in [6.45, 7) is 2.42. The van der Waals surface area contributed by atoms with Crippen LogP contribution < -0.4 is 5.73 Å². The van der Waals surface area contributed by atoms with Crippen molar-refractivity contribution >= 4 is 9.84 Å². The second kappa shape index (κ2) is 4.38. The van der Waals surface area contributed by atoms with Crippen LogP contribution in [0.5, 0.6) is 0 Å². The number of hydrogen-bond acceptors (Lipinski definition) is 5. The summed E-state index contributed by atoms with van der Waals surface area (Å²) in [5.41, 5.74) is 4.98. The van der Waals surface area contributed by atoms with Crippen molar-refractivity contribution in [3.05, 3.63) is 11.6 Å². The van der Waals surface area contributed by atoms with Gasteiger partial charge in [-0.25, -0.2) is 13.4 Å². The Morgan fingerprint density at radius 3 is 2.94 bits per heavy atom. The van der Waals surface area contributed by atoms with E-state index in [0.717, 1.165) is 12.2 Å². The molecule has 0 radical (unpaired) electrons. The van der Waals surface area contributed by atoms with E-state index in [1.807, 2.05) is 6.92 Å². The molecule has 0 amide bonds. The number of aromatic nitrogens is 3. The zero-order valence-electron chi connectivity index (χ0n) is 9.94. The molecule has 1 fully saturated rings. The second-order valence-electron chi connectivity index (χ2n) is 4.90. The van der Waals surface area contributed by atoms with Crippen LogP contribution in [0.3, 0.4) is 0 Å². The van der Waals surface area contributed by atoms with Gasteiger partial charge in [-0.05, 0) is 19.4 Å². The van der Waals surface area contributed by atoms with E-state index >= 15 is 0 Å². The van der Waals surface area contributed by atoms with E-state index in [2.05, 4.69) is 15.2 Å². The number of aromatic amines is 1. The molecule has 6 nitrogen and oxygen atoms in total. The van der Waals surface area contributed by atoms with Gasteiger partial charge in [-0.2, -0.15) is 5.10 Å². The number of nitrogens with two attached hydrogens (primary N) is 1. The molecule has 1 atom stereocenters. The third-order valence-electron chi connectivity index (χ3n) is 3.18. The third-order valence-corrected chi connectivity index (χ3v) is 5.16. The van der Waals surface area contributed by atoms with Crippen molar-refractivity contribution in [3.8, 4) is 0 Å². The molecule has 1 aliphatic heterocycles. The normalized spacial score (nSPS) is 28.1. The number of nitrogens with zero attached hydrogens (tertiary/aromatic N) is 2. The summed E-state index contributed by atoms with van der Waals surface area (Å²) < 4.78 is 23.4. The Balaban J connectivity index is 2.24. The van der Waals surface area contributed by atoms with Gasteiger partial charge in [-0.3, -0.25) is 5.10 Å². The van der Waals surface area contributed by atoms with Crippen LogP contribution in [0.1, 0.15) is 31.4 Å². The Bertz CT molecular complexity index is 496. The van der Waals surface area contributed by atoms with Crippen LogP contribution in [0.4, 0.5) is 0 Å². The number of H-pyrrole nitrogens is 1. The highest BCUT2D eigenvalue weighted by molar-refractivity contribution is 7.91. The molecular formula is C10H18N4O2S. The van der Waals surface area contributed by atoms with Crippen molar-refractivity contribution in [1.29, 1.82) is 0 Å². The summed E-state index contributed by atoms with van der Waals surface area (Å²) >= 11 is 0. The fourth-order valence-electron chi connectivity index (χ4n) is 2.30. The molecule has 0 bridgehead atoms. The Kier molecular flexibility index (Phi) is 3.22. The zero-order valence-corrected chi connectivity index (χ0v) is 10.8. The van der Waals surface area contributed by atoms with Gasteiger partial charge in [0.2, 0.25) is 0 Å². The second-order valence-corrected chi connectivity index (χ2v) is 7.08. The minimum atomic E-state index is -2.96. The van der Waals surface area contributed by atoms with Gasteiger partial charge in [-0.15, -0.1) is 0 Å². The van der Waals surface area contributed by atoms with E-state index in [0.29, 0.717) is 25.2 Å². The summed E-state index contributed by atoms with van der Waals surface area (Å²) in [4.78, 5) is 4.35. The first-order valence-electron chi connectivity index (χ1n) is 5.77. The lowest BCUT2D eigenvalue weighted by atomic mass is 9.86. The molecule has 0 saturated carbocycles. The molecule has 0 spiro atoms. The van der Waals surface area contributed by atoms with Crippen LogP contribution in [-0.2, 0) is 21.7 Å². The number of sulfone groups is 1. The molecule has 0 aliphatic carbocycles. The minimum Gasteiger partial charge on any atom is -0.330 e. The average molecular weight is 258 g/mol. The van der Waals surface area contributed by atoms with Crippen LogP contribution >= 0.6 is 0 Å². The Hall–Kier alpha value is -0.950. The number of rotatable bonds is 3. The molecule has 7 heteroatoms. The Morgan fingerprint density at radius 2 is 2.29 bits per heavy atom. The highest BCUT2D eigenvalue weighted by Gasteiger charge is 2.39. The molecule has 1 aromatic heterocycles. The van der Waals surface area contributed by atoms with Gasteiger partial charge >= 0.3 is 0 Å². The smallest absolute Gasteiger partial charge is 0.157 e. The predicted molar refractivity (Wildman–Crippen MR) is 64.4 cm³/mol. The number of nitrogens with one attached hydrogen (secondary N) is 1. The molecule has 1 unspecified atom stereocenters. The summed E-state index contributed by atoms with van der Waals surface area (Å²) in [7, 11) is -2.96. The van der Waals surface area contributed by atoms with Crippen LogP contribution in [-0.4, -0.2) is 41.6 Å². The van der Waals surface area contributed by atoms with Crippen molar-refractivity contribution < 1.29 is 8.42 Å².